The molecule has 0 radical (unpaired) electrons. The molecule has 0 aliphatic carbocycles. The number of halogens is 1. The van der Waals surface area contributed by atoms with Gasteiger partial charge in [-0.1, -0.05) is 0 Å². The number of amides is 1. The Morgan fingerprint density at radius 3 is 2.47 bits per heavy atom. The molecule has 1 aliphatic heterocycles. The van der Waals surface area contributed by atoms with E-state index in [2.05, 4.69) is 5.32 Å². The van der Waals surface area contributed by atoms with Gasteiger partial charge in [-0.25, -0.2) is 17.6 Å². The predicted octanol–water partition coefficient (Wildman–Crippen LogP) is 3.41. The zero-order valence-corrected chi connectivity index (χ0v) is 18.3. The van der Waals surface area contributed by atoms with Gasteiger partial charge >= 0.3 is 5.97 Å². The van der Waals surface area contributed by atoms with Crippen LogP contribution in [0.25, 0.3) is 0 Å². The lowest BCUT2D eigenvalue weighted by Gasteiger charge is -2.30. The zero-order valence-electron chi connectivity index (χ0n) is 16.7. The second kappa shape index (κ2) is 9.23. The molecule has 2 aromatic rings. The fourth-order valence-corrected chi connectivity index (χ4v) is 5.72. The fourth-order valence-electron chi connectivity index (χ4n) is 3.28. The van der Waals surface area contributed by atoms with Crippen LogP contribution in [0.3, 0.4) is 0 Å². The highest BCUT2D eigenvalue weighted by Gasteiger charge is 2.32. The topological polar surface area (TPSA) is 92.8 Å². The van der Waals surface area contributed by atoms with Gasteiger partial charge in [0.05, 0.1) is 16.5 Å². The first-order valence-corrected chi connectivity index (χ1v) is 11.8. The zero-order chi connectivity index (χ0) is 21.9. The van der Waals surface area contributed by atoms with Gasteiger partial charge in [0.1, 0.15) is 10.7 Å². The monoisotopic (exact) mass is 454 g/mol. The van der Waals surface area contributed by atoms with Crippen molar-refractivity contribution in [1.29, 1.82) is 0 Å². The highest BCUT2D eigenvalue weighted by Crippen LogP contribution is 2.29. The van der Waals surface area contributed by atoms with Crippen LogP contribution in [0.1, 0.15) is 35.0 Å². The average Bonchev–Trinajstić information content (AvgIpc) is 3.08. The van der Waals surface area contributed by atoms with E-state index in [1.807, 2.05) is 0 Å². The second-order valence-electron chi connectivity index (χ2n) is 6.96. The number of piperidine rings is 1. The molecular formula is C20H23FN2O5S2. The summed E-state index contributed by atoms with van der Waals surface area (Å²) in [5.74, 6) is -1.46. The number of carbonyl (C=O) groups is 2. The van der Waals surface area contributed by atoms with Gasteiger partial charge in [-0.2, -0.15) is 4.31 Å². The molecule has 0 spiro atoms. The molecule has 0 bridgehead atoms. The molecule has 1 saturated heterocycles. The van der Waals surface area contributed by atoms with Gasteiger partial charge in [-0.05, 0) is 62.6 Å². The molecule has 0 atom stereocenters. The van der Waals surface area contributed by atoms with Crippen molar-refractivity contribution in [2.24, 2.45) is 5.92 Å². The Morgan fingerprint density at radius 2 is 1.87 bits per heavy atom. The summed E-state index contributed by atoms with van der Waals surface area (Å²) in [6.45, 7) is 4.19. The molecule has 10 heteroatoms. The molecule has 1 fully saturated rings. The van der Waals surface area contributed by atoms with Crippen LogP contribution in [0.4, 0.5) is 9.39 Å². The third-order valence-corrected chi connectivity index (χ3v) is 7.95. The number of sulfonamides is 1. The maximum absolute atomic E-state index is 13.1. The number of esters is 1. The maximum atomic E-state index is 13.1. The number of hydrogen-bond acceptors (Lipinski definition) is 6. The Labute approximate surface area is 178 Å². The van der Waals surface area contributed by atoms with E-state index in [1.165, 1.54) is 16.4 Å². The summed E-state index contributed by atoms with van der Waals surface area (Å²) < 4.78 is 44.8. The van der Waals surface area contributed by atoms with Crippen molar-refractivity contribution in [2.45, 2.75) is 31.6 Å². The van der Waals surface area contributed by atoms with Crippen molar-refractivity contribution in [3.63, 3.8) is 0 Å². The van der Waals surface area contributed by atoms with Crippen molar-refractivity contribution in [2.75, 3.05) is 25.0 Å². The summed E-state index contributed by atoms with van der Waals surface area (Å²) in [5, 5.41) is 3.38. The number of nitrogens with one attached hydrogen (secondary N) is 1. The number of carbonyl (C=O) groups excluding carboxylic acids is 2. The van der Waals surface area contributed by atoms with E-state index in [9.17, 15) is 22.4 Å². The Balaban J connectivity index is 1.60. The van der Waals surface area contributed by atoms with Gasteiger partial charge in [0.25, 0.3) is 0 Å². The number of thiophene rings is 1. The molecule has 162 valence electrons. The third kappa shape index (κ3) is 4.88. The van der Waals surface area contributed by atoms with Gasteiger partial charge in [0, 0.05) is 19.0 Å². The number of anilines is 1. The van der Waals surface area contributed by atoms with Crippen LogP contribution in [0.5, 0.6) is 0 Å². The number of hydrogen-bond donors (Lipinski definition) is 1. The number of rotatable bonds is 6. The van der Waals surface area contributed by atoms with Crippen molar-refractivity contribution >= 4 is 38.2 Å². The molecule has 2 heterocycles. The summed E-state index contributed by atoms with van der Waals surface area (Å²) in [4.78, 5) is 25.0. The van der Waals surface area contributed by atoms with Crippen molar-refractivity contribution in [1.82, 2.24) is 4.31 Å². The highest BCUT2D eigenvalue weighted by atomic mass is 32.2. The van der Waals surface area contributed by atoms with Crippen LogP contribution >= 0.6 is 11.3 Å². The summed E-state index contributed by atoms with van der Waals surface area (Å²) >= 11 is 1.16. The van der Waals surface area contributed by atoms with E-state index in [1.54, 1.807) is 19.9 Å². The lowest BCUT2D eigenvalue weighted by molar-refractivity contribution is -0.120. The smallest absolute Gasteiger partial charge is 0.348 e. The van der Waals surface area contributed by atoms with Crippen molar-refractivity contribution in [3.8, 4) is 0 Å². The average molecular weight is 455 g/mol. The van der Waals surface area contributed by atoms with Gasteiger partial charge in [-0.15, -0.1) is 11.3 Å². The molecule has 1 amide bonds. The third-order valence-electron chi connectivity index (χ3n) is 4.90. The van der Waals surface area contributed by atoms with Crippen LogP contribution in [0.15, 0.2) is 35.2 Å². The summed E-state index contributed by atoms with van der Waals surface area (Å²) in [6.07, 6.45) is 0.753. The predicted molar refractivity (Wildman–Crippen MR) is 112 cm³/mol. The maximum Gasteiger partial charge on any atom is 0.348 e. The highest BCUT2D eigenvalue weighted by molar-refractivity contribution is 7.89. The standard InChI is InChI=1S/C20H23FN2O5S2/c1-3-28-20(25)18-13(2)12-17(29-18)22-19(24)14-8-10-23(11-9-14)30(26,27)16-6-4-15(21)5-7-16/h4-7,12,14H,3,8-11H2,1-2H3,(H,22,24). The molecule has 30 heavy (non-hydrogen) atoms. The van der Waals surface area contributed by atoms with Gasteiger partial charge in [-0.3, -0.25) is 4.79 Å². The minimum atomic E-state index is -3.72. The van der Waals surface area contributed by atoms with E-state index in [-0.39, 0.29) is 36.4 Å². The van der Waals surface area contributed by atoms with E-state index in [0.29, 0.717) is 22.7 Å². The van der Waals surface area contributed by atoms with Crippen LogP contribution in [0.2, 0.25) is 0 Å². The molecule has 1 N–H and O–H groups in total. The van der Waals surface area contributed by atoms with E-state index >= 15 is 0 Å². The first kappa shape index (κ1) is 22.4. The fraction of sp³-hybridized carbons (Fsp3) is 0.400. The summed E-state index contributed by atoms with van der Waals surface area (Å²) in [7, 11) is -3.72. The number of benzene rings is 1. The van der Waals surface area contributed by atoms with Crippen LogP contribution in [-0.4, -0.2) is 44.3 Å². The molecular weight excluding hydrogens is 431 g/mol. The Morgan fingerprint density at radius 1 is 1.23 bits per heavy atom. The van der Waals surface area contributed by atoms with Gasteiger partial charge < -0.3 is 10.1 Å². The quantitative estimate of drug-likeness (QED) is 0.676. The molecule has 1 aliphatic rings. The van der Waals surface area contributed by atoms with Crippen LogP contribution < -0.4 is 5.32 Å². The molecule has 3 rings (SSSR count). The molecule has 0 saturated carbocycles. The first-order valence-electron chi connectivity index (χ1n) is 9.56. The lowest BCUT2D eigenvalue weighted by atomic mass is 9.97. The molecule has 1 aromatic carbocycles. The molecule has 7 nitrogen and oxygen atoms in total. The molecule has 0 unspecified atom stereocenters. The number of nitrogens with zero attached hydrogens (tertiary/aromatic N) is 1. The number of ether oxygens (including phenoxy) is 1. The normalized spacial score (nSPS) is 15.7. The van der Waals surface area contributed by atoms with Gasteiger partial charge in [0.15, 0.2) is 0 Å². The summed E-state index contributed by atoms with van der Waals surface area (Å²) in [5.41, 5.74) is 0.731. The van der Waals surface area contributed by atoms with Crippen LogP contribution in [0, 0.1) is 18.7 Å². The minimum Gasteiger partial charge on any atom is -0.462 e. The SMILES string of the molecule is CCOC(=O)c1sc(NC(=O)C2CCN(S(=O)(=O)c3ccc(F)cc3)CC2)cc1C. The summed E-state index contributed by atoms with van der Waals surface area (Å²) in [6, 6.07) is 6.43. The largest absolute Gasteiger partial charge is 0.462 e. The molecule has 1 aromatic heterocycles. The first-order chi connectivity index (χ1) is 14.2. The lowest BCUT2D eigenvalue weighted by Crippen LogP contribution is -2.41. The van der Waals surface area contributed by atoms with E-state index in [4.69, 9.17) is 4.74 Å². The van der Waals surface area contributed by atoms with E-state index in [0.717, 1.165) is 29.0 Å². The van der Waals surface area contributed by atoms with Crippen molar-refractivity contribution in [3.05, 3.63) is 46.6 Å². The second-order valence-corrected chi connectivity index (χ2v) is 9.95. The minimum absolute atomic E-state index is 0.0346. The van der Waals surface area contributed by atoms with E-state index < -0.39 is 21.8 Å². The van der Waals surface area contributed by atoms with Crippen LogP contribution in [-0.2, 0) is 19.6 Å². The Kier molecular flexibility index (Phi) is 6.89. The Hall–Kier alpha value is -2.30. The Bertz CT molecular complexity index is 1030. The number of aryl methyl sites for hydroxylation is 1. The van der Waals surface area contributed by atoms with Gasteiger partial charge in [0.2, 0.25) is 15.9 Å². The van der Waals surface area contributed by atoms with Crippen molar-refractivity contribution < 1.29 is 27.1 Å².